The van der Waals surface area contributed by atoms with E-state index >= 15 is 0 Å². The number of hydrogen-bond donors (Lipinski definition) is 1. The fraction of sp³-hybridized carbons (Fsp3) is 0.600. The summed E-state index contributed by atoms with van der Waals surface area (Å²) in [5.41, 5.74) is 2.85. The van der Waals surface area contributed by atoms with Gasteiger partial charge < -0.3 is 5.32 Å². The van der Waals surface area contributed by atoms with Crippen LogP contribution in [0.2, 0.25) is 0 Å². The van der Waals surface area contributed by atoms with Crippen molar-refractivity contribution in [1.82, 2.24) is 5.32 Å². The van der Waals surface area contributed by atoms with Crippen LogP contribution in [-0.4, -0.2) is 12.6 Å². The van der Waals surface area contributed by atoms with Crippen LogP contribution in [0.3, 0.4) is 0 Å². The molecule has 0 aromatic heterocycles. The Kier molecular flexibility index (Phi) is 2.70. The van der Waals surface area contributed by atoms with Crippen LogP contribution in [0.1, 0.15) is 36.8 Å². The standard InChI is InChI=1S/C15H20FN/c1-11-2-3-13(16)8-12(11)9-15(6-7-15)10-17-14-4-5-14/h2-3,8,14,17H,4-7,9-10H2,1H3. The number of rotatable bonds is 5. The van der Waals surface area contributed by atoms with E-state index in [1.54, 1.807) is 12.1 Å². The average Bonchev–Trinajstić information content (AvgIpc) is 3.16. The van der Waals surface area contributed by atoms with Gasteiger partial charge in [-0.15, -0.1) is 0 Å². The second-order valence-corrected chi connectivity index (χ2v) is 5.90. The maximum absolute atomic E-state index is 13.3. The predicted octanol–water partition coefficient (Wildman–Crippen LogP) is 3.21. The van der Waals surface area contributed by atoms with E-state index in [-0.39, 0.29) is 5.82 Å². The Labute approximate surface area is 102 Å². The van der Waals surface area contributed by atoms with Crippen molar-refractivity contribution in [1.29, 1.82) is 0 Å². The molecule has 2 fully saturated rings. The van der Waals surface area contributed by atoms with Crippen molar-refractivity contribution < 1.29 is 4.39 Å². The Morgan fingerprint density at radius 2 is 2.12 bits per heavy atom. The number of aryl methyl sites for hydroxylation is 1. The van der Waals surface area contributed by atoms with Gasteiger partial charge in [0, 0.05) is 12.6 Å². The Hall–Kier alpha value is -0.890. The Balaban J connectivity index is 1.66. The van der Waals surface area contributed by atoms with Gasteiger partial charge in [-0.05, 0) is 67.7 Å². The summed E-state index contributed by atoms with van der Waals surface area (Å²) in [4.78, 5) is 0. The molecule has 1 aromatic rings. The van der Waals surface area contributed by atoms with Crippen molar-refractivity contribution >= 4 is 0 Å². The van der Waals surface area contributed by atoms with Gasteiger partial charge in [-0.1, -0.05) is 6.07 Å². The summed E-state index contributed by atoms with van der Waals surface area (Å²) in [5, 5.41) is 3.62. The van der Waals surface area contributed by atoms with Crippen molar-refractivity contribution in [3.8, 4) is 0 Å². The first-order valence-electron chi connectivity index (χ1n) is 6.65. The number of nitrogens with one attached hydrogen (secondary N) is 1. The highest BCUT2D eigenvalue weighted by Crippen LogP contribution is 2.48. The maximum atomic E-state index is 13.3. The molecule has 0 heterocycles. The smallest absolute Gasteiger partial charge is 0.123 e. The SMILES string of the molecule is Cc1ccc(F)cc1CC1(CNC2CC2)CC1. The van der Waals surface area contributed by atoms with Gasteiger partial charge in [0.2, 0.25) is 0 Å². The lowest BCUT2D eigenvalue weighted by Gasteiger charge is -2.17. The minimum absolute atomic E-state index is 0.100. The summed E-state index contributed by atoms with van der Waals surface area (Å²) in [7, 11) is 0. The number of halogens is 1. The molecule has 1 aromatic carbocycles. The molecule has 0 radical (unpaired) electrons. The van der Waals surface area contributed by atoms with Crippen LogP contribution in [0.5, 0.6) is 0 Å². The van der Waals surface area contributed by atoms with Crippen LogP contribution in [0.4, 0.5) is 4.39 Å². The maximum Gasteiger partial charge on any atom is 0.123 e. The topological polar surface area (TPSA) is 12.0 Å². The van der Waals surface area contributed by atoms with E-state index in [4.69, 9.17) is 0 Å². The van der Waals surface area contributed by atoms with Gasteiger partial charge in [-0.3, -0.25) is 0 Å². The summed E-state index contributed by atoms with van der Waals surface area (Å²) in [5.74, 6) is -0.100. The molecule has 0 amide bonds. The van der Waals surface area contributed by atoms with Gasteiger partial charge >= 0.3 is 0 Å². The molecule has 0 unspecified atom stereocenters. The second-order valence-electron chi connectivity index (χ2n) is 5.90. The zero-order chi connectivity index (χ0) is 11.9. The largest absolute Gasteiger partial charge is 0.313 e. The highest BCUT2D eigenvalue weighted by molar-refractivity contribution is 5.29. The molecule has 0 saturated heterocycles. The number of benzene rings is 1. The Morgan fingerprint density at radius 1 is 1.35 bits per heavy atom. The van der Waals surface area contributed by atoms with Crippen LogP contribution in [-0.2, 0) is 6.42 Å². The summed E-state index contributed by atoms with van der Waals surface area (Å²) >= 11 is 0. The van der Waals surface area contributed by atoms with E-state index in [9.17, 15) is 4.39 Å². The van der Waals surface area contributed by atoms with Gasteiger partial charge in [0.15, 0.2) is 0 Å². The highest BCUT2D eigenvalue weighted by Gasteiger charge is 2.43. The monoisotopic (exact) mass is 233 g/mol. The molecule has 92 valence electrons. The van der Waals surface area contributed by atoms with Gasteiger partial charge in [-0.2, -0.15) is 0 Å². The van der Waals surface area contributed by atoms with Crippen molar-refractivity contribution in [2.45, 2.75) is 45.1 Å². The van der Waals surface area contributed by atoms with E-state index in [0.29, 0.717) is 5.41 Å². The first-order chi connectivity index (χ1) is 8.17. The van der Waals surface area contributed by atoms with Crippen LogP contribution < -0.4 is 5.32 Å². The lowest BCUT2D eigenvalue weighted by molar-refractivity contribution is 0.451. The molecule has 17 heavy (non-hydrogen) atoms. The molecular formula is C15H20FN. The van der Waals surface area contributed by atoms with Crippen LogP contribution in [0.25, 0.3) is 0 Å². The molecule has 2 aliphatic carbocycles. The molecule has 0 bridgehead atoms. The zero-order valence-electron chi connectivity index (χ0n) is 10.4. The van der Waals surface area contributed by atoms with Gasteiger partial charge in [-0.25, -0.2) is 4.39 Å². The summed E-state index contributed by atoms with van der Waals surface area (Å²) in [6.45, 7) is 3.20. The Morgan fingerprint density at radius 3 is 2.76 bits per heavy atom. The van der Waals surface area contributed by atoms with E-state index in [0.717, 1.165) is 19.0 Å². The third kappa shape index (κ3) is 2.68. The molecule has 3 rings (SSSR count). The molecule has 2 heteroatoms. The first kappa shape index (κ1) is 11.2. The molecule has 0 aliphatic heterocycles. The minimum atomic E-state index is -0.100. The normalized spacial score (nSPS) is 21.5. The average molecular weight is 233 g/mol. The third-order valence-electron chi connectivity index (χ3n) is 4.18. The Bertz CT molecular complexity index is 419. The van der Waals surface area contributed by atoms with E-state index in [1.165, 1.54) is 36.8 Å². The van der Waals surface area contributed by atoms with Crippen molar-refractivity contribution in [2.75, 3.05) is 6.54 Å². The lowest BCUT2D eigenvalue weighted by atomic mass is 9.93. The third-order valence-corrected chi connectivity index (χ3v) is 4.18. The van der Waals surface area contributed by atoms with E-state index < -0.39 is 0 Å². The fourth-order valence-electron chi connectivity index (χ4n) is 2.48. The van der Waals surface area contributed by atoms with Gasteiger partial charge in [0.25, 0.3) is 0 Å². The molecule has 1 nitrogen and oxygen atoms in total. The second kappa shape index (κ2) is 4.09. The molecule has 0 spiro atoms. The first-order valence-corrected chi connectivity index (χ1v) is 6.65. The lowest BCUT2D eigenvalue weighted by Crippen LogP contribution is -2.27. The van der Waals surface area contributed by atoms with Crippen LogP contribution >= 0.6 is 0 Å². The highest BCUT2D eigenvalue weighted by atomic mass is 19.1. The van der Waals surface area contributed by atoms with Gasteiger partial charge in [0.1, 0.15) is 5.82 Å². The quantitative estimate of drug-likeness (QED) is 0.823. The molecule has 1 N–H and O–H groups in total. The molecule has 2 saturated carbocycles. The summed E-state index contributed by atoms with van der Waals surface area (Å²) in [6, 6.07) is 5.95. The van der Waals surface area contributed by atoms with Gasteiger partial charge in [0.05, 0.1) is 0 Å². The zero-order valence-corrected chi connectivity index (χ0v) is 10.4. The predicted molar refractivity (Wildman–Crippen MR) is 67.5 cm³/mol. The van der Waals surface area contributed by atoms with E-state index in [2.05, 4.69) is 12.2 Å². The van der Waals surface area contributed by atoms with Crippen LogP contribution in [0, 0.1) is 18.2 Å². The van der Waals surface area contributed by atoms with Crippen LogP contribution in [0.15, 0.2) is 18.2 Å². The van der Waals surface area contributed by atoms with Crippen molar-refractivity contribution in [3.63, 3.8) is 0 Å². The summed E-state index contributed by atoms with van der Waals surface area (Å²) in [6.07, 6.45) is 6.31. The molecule has 2 aliphatic rings. The molecule has 0 atom stereocenters. The fourth-order valence-corrected chi connectivity index (χ4v) is 2.48. The van der Waals surface area contributed by atoms with Crippen molar-refractivity contribution in [2.24, 2.45) is 5.41 Å². The van der Waals surface area contributed by atoms with Crippen molar-refractivity contribution in [3.05, 3.63) is 35.1 Å². The molecular weight excluding hydrogens is 213 g/mol. The summed E-state index contributed by atoms with van der Waals surface area (Å²) < 4.78 is 13.3. The number of hydrogen-bond acceptors (Lipinski definition) is 1. The van der Waals surface area contributed by atoms with E-state index in [1.807, 2.05) is 6.07 Å². The minimum Gasteiger partial charge on any atom is -0.313 e.